The van der Waals surface area contributed by atoms with Crippen molar-refractivity contribution in [3.63, 3.8) is 0 Å². The fraction of sp³-hybridized carbons (Fsp3) is 0.438. The summed E-state index contributed by atoms with van der Waals surface area (Å²) >= 11 is 6.06. The number of fused-ring (bicyclic) bond motifs is 3. The van der Waals surface area contributed by atoms with E-state index < -0.39 is 9.84 Å². The molecule has 2 aromatic rings. The third kappa shape index (κ3) is 2.74. The largest absolute Gasteiger partial charge is 0.341 e. The molecule has 0 unspecified atom stereocenters. The summed E-state index contributed by atoms with van der Waals surface area (Å²) in [6.45, 7) is 1.64. The topological polar surface area (TPSA) is 59.4 Å². The third-order valence-electron chi connectivity index (χ3n) is 4.61. The molecule has 0 spiro atoms. The summed E-state index contributed by atoms with van der Waals surface area (Å²) in [6, 6.07) is 7.78. The molecule has 4 rings (SSSR count). The maximum atomic E-state index is 12.3. The van der Waals surface area contributed by atoms with Crippen molar-refractivity contribution in [2.24, 2.45) is 0 Å². The maximum Gasteiger partial charge on any atom is 0.238 e. The standard InChI is InChI=1S/C16H17ClN2O3S/c17-12-2-1-11-7-13-9-18(5-6-19(13)15(11)8-12)16(20)10-23(21,22)14-3-4-14/h1-2,7-8,14H,3-6,9-10H2. The van der Waals surface area contributed by atoms with Gasteiger partial charge in [-0.3, -0.25) is 4.79 Å². The Morgan fingerprint density at radius 2 is 2.00 bits per heavy atom. The van der Waals surface area contributed by atoms with Crippen LogP contribution in [-0.4, -0.2) is 41.3 Å². The fourth-order valence-electron chi connectivity index (χ4n) is 3.20. The van der Waals surface area contributed by atoms with Crippen LogP contribution in [0.1, 0.15) is 18.5 Å². The second kappa shape index (κ2) is 5.24. The zero-order chi connectivity index (χ0) is 16.2. The smallest absolute Gasteiger partial charge is 0.238 e. The van der Waals surface area contributed by atoms with Gasteiger partial charge < -0.3 is 9.47 Å². The number of nitrogens with zero attached hydrogens (tertiary/aromatic N) is 2. The van der Waals surface area contributed by atoms with Gasteiger partial charge in [-0.15, -0.1) is 0 Å². The number of carbonyl (C=O) groups is 1. The quantitative estimate of drug-likeness (QED) is 0.851. The summed E-state index contributed by atoms with van der Waals surface area (Å²) in [7, 11) is -3.26. The number of aromatic nitrogens is 1. The molecule has 1 fully saturated rings. The molecular formula is C16H17ClN2O3S. The number of hydrogen-bond acceptors (Lipinski definition) is 3. The van der Waals surface area contributed by atoms with Gasteiger partial charge in [-0.2, -0.15) is 0 Å². The maximum absolute atomic E-state index is 12.3. The lowest BCUT2D eigenvalue weighted by molar-refractivity contribution is -0.129. The molecule has 1 amide bonds. The van der Waals surface area contributed by atoms with E-state index in [0.717, 1.165) is 16.6 Å². The van der Waals surface area contributed by atoms with E-state index in [1.165, 1.54) is 0 Å². The first-order chi connectivity index (χ1) is 10.9. The molecular weight excluding hydrogens is 336 g/mol. The van der Waals surface area contributed by atoms with Gasteiger partial charge in [0.2, 0.25) is 5.91 Å². The van der Waals surface area contributed by atoms with Crippen LogP contribution < -0.4 is 0 Å². The van der Waals surface area contributed by atoms with Crippen LogP contribution in [0.3, 0.4) is 0 Å². The highest BCUT2D eigenvalue weighted by Crippen LogP contribution is 2.30. The normalized spacial score (nSPS) is 18.2. The molecule has 23 heavy (non-hydrogen) atoms. The summed E-state index contributed by atoms with van der Waals surface area (Å²) in [6.07, 6.45) is 1.40. The van der Waals surface area contributed by atoms with Gasteiger partial charge in [-0.05, 0) is 31.0 Å². The van der Waals surface area contributed by atoms with Gasteiger partial charge in [0.25, 0.3) is 0 Å². The molecule has 0 N–H and O–H groups in total. The molecule has 0 bridgehead atoms. The van der Waals surface area contributed by atoms with Gasteiger partial charge in [-0.1, -0.05) is 17.7 Å². The van der Waals surface area contributed by atoms with Crippen LogP contribution in [0, 0.1) is 0 Å². The summed E-state index contributed by atoms with van der Waals surface area (Å²) in [4.78, 5) is 14.0. The number of halogens is 1. The number of rotatable bonds is 3. The molecule has 1 aliphatic heterocycles. The Morgan fingerprint density at radius 3 is 2.74 bits per heavy atom. The highest BCUT2D eigenvalue weighted by Gasteiger charge is 2.38. The average molecular weight is 353 g/mol. The SMILES string of the molecule is O=C(CS(=O)(=O)C1CC1)N1CCn2c(cc3ccc(Cl)cc32)C1. The molecule has 1 aromatic carbocycles. The van der Waals surface area contributed by atoms with E-state index in [1.807, 2.05) is 24.3 Å². The number of amides is 1. The van der Waals surface area contributed by atoms with Crippen molar-refractivity contribution in [3.8, 4) is 0 Å². The van der Waals surface area contributed by atoms with Crippen LogP contribution in [-0.2, 0) is 27.7 Å². The molecule has 1 aliphatic carbocycles. The van der Waals surface area contributed by atoms with Crippen molar-refractivity contribution in [1.82, 2.24) is 9.47 Å². The first-order valence-electron chi connectivity index (χ1n) is 7.71. The lowest BCUT2D eigenvalue weighted by Gasteiger charge is -2.29. The fourth-order valence-corrected chi connectivity index (χ4v) is 4.98. The van der Waals surface area contributed by atoms with Crippen molar-refractivity contribution < 1.29 is 13.2 Å². The van der Waals surface area contributed by atoms with Crippen LogP contribution in [0.4, 0.5) is 0 Å². The van der Waals surface area contributed by atoms with Gasteiger partial charge in [-0.25, -0.2) is 8.42 Å². The summed E-state index contributed by atoms with van der Waals surface area (Å²) in [5.74, 6) is -0.643. The van der Waals surface area contributed by atoms with Crippen molar-refractivity contribution >= 4 is 38.2 Å². The number of carbonyl (C=O) groups excluding carboxylic acids is 1. The first kappa shape index (κ1) is 15.0. The molecule has 1 saturated carbocycles. The monoisotopic (exact) mass is 352 g/mol. The summed E-state index contributed by atoms with van der Waals surface area (Å²) in [5, 5.41) is 1.49. The van der Waals surface area contributed by atoms with Crippen LogP contribution in [0.5, 0.6) is 0 Å². The zero-order valence-electron chi connectivity index (χ0n) is 12.5. The minimum absolute atomic E-state index is 0.286. The summed E-state index contributed by atoms with van der Waals surface area (Å²) < 4.78 is 26.2. The second-order valence-corrected chi connectivity index (χ2v) is 9.03. The van der Waals surface area contributed by atoms with E-state index in [4.69, 9.17) is 11.6 Å². The molecule has 122 valence electrons. The molecule has 7 heteroatoms. The van der Waals surface area contributed by atoms with Crippen molar-refractivity contribution in [3.05, 3.63) is 35.0 Å². The van der Waals surface area contributed by atoms with Gasteiger partial charge in [0.05, 0.1) is 11.8 Å². The highest BCUT2D eigenvalue weighted by atomic mass is 35.5. The van der Waals surface area contributed by atoms with E-state index >= 15 is 0 Å². The van der Waals surface area contributed by atoms with Crippen molar-refractivity contribution in [2.75, 3.05) is 12.3 Å². The van der Waals surface area contributed by atoms with Crippen LogP contribution in [0.2, 0.25) is 5.02 Å². The highest BCUT2D eigenvalue weighted by molar-refractivity contribution is 7.93. The lowest BCUT2D eigenvalue weighted by atomic mass is 10.2. The first-order valence-corrected chi connectivity index (χ1v) is 9.80. The van der Waals surface area contributed by atoms with Crippen LogP contribution in [0.15, 0.2) is 24.3 Å². The molecule has 5 nitrogen and oxygen atoms in total. The van der Waals surface area contributed by atoms with Gasteiger partial charge in [0.1, 0.15) is 5.75 Å². The Balaban J connectivity index is 1.56. The van der Waals surface area contributed by atoms with E-state index in [0.29, 0.717) is 37.5 Å². The van der Waals surface area contributed by atoms with E-state index in [9.17, 15) is 13.2 Å². The van der Waals surface area contributed by atoms with Gasteiger partial charge in [0.15, 0.2) is 9.84 Å². The number of hydrogen-bond donors (Lipinski definition) is 0. The van der Waals surface area contributed by atoms with E-state index in [1.54, 1.807) is 4.90 Å². The predicted molar refractivity (Wildman–Crippen MR) is 89.2 cm³/mol. The summed E-state index contributed by atoms with van der Waals surface area (Å²) in [5.41, 5.74) is 2.08. The minimum Gasteiger partial charge on any atom is -0.341 e. The molecule has 0 atom stereocenters. The van der Waals surface area contributed by atoms with Gasteiger partial charge in [0, 0.05) is 34.7 Å². The molecule has 2 heterocycles. The Kier molecular flexibility index (Phi) is 3.43. The van der Waals surface area contributed by atoms with Gasteiger partial charge >= 0.3 is 0 Å². The molecule has 0 saturated heterocycles. The number of benzene rings is 1. The molecule has 1 aromatic heterocycles. The Labute approximate surface area is 139 Å². The zero-order valence-corrected chi connectivity index (χ0v) is 14.1. The Morgan fingerprint density at radius 1 is 1.22 bits per heavy atom. The van der Waals surface area contributed by atoms with Crippen molar-refractivity contribution in [2.45, 2.75) is 31.2 Å². The average Bonchev–Trinajstić information content (AvgIpc) is 3.29. The van der Waals surface area contributed by atoms with Crippen molar-refractivity contribution in [1.29, 1.82) is 0 Å². The van der Waals surface area contributed by atoms with Crippen LogP contribution >= 0.6 is 11.6 Å². The van der Waals surface area contributed by atoms with E-state index in [2.05, 4.69) is 4.57 Å². The Hall–Kier alpha value is -1.53. The molecule has 0 radical (unpaired) electrons. The number of sulfone groups is 1. The molecule has 2 aliphatic rings. The predicted octanol–water partition coefficient (Wildman–Crippen LogP) is 2.21. The minimum atomic E-state index is -3.26. The van der Waals surface area contributed by atoms with E-state index in [-0.39, 0.29) is 16.9 Å². The van der Waals surface area contributed by atoms with Crippen LogP contribution in [0.25, 0.3) is 10.9 Å². The third-order valence-corrected chi connectivity index (χ3v) is 6.98. The second-order valence-electron chi connectivity index (χ2n) is 6.31. The Bertz CT molecular complexity index is 899. The lowest BCUT2D eigenvalue weighted by Crippen LogP contribution is -2.41.